The van der Waals surface area contributed by atoms with Crippen molar-refractivity contribution in [3.63, 3.8) is 0 Å². The predicted molar refractivity (Wildman–Crippen MR) is 109 cm³/mol. The van der Waals surface area contributed by atoms with E-state index in [2.05, 4.69) is 21.4 Å². The quantitative estimate of drug-likeness (QED) is 0.643. The van der Waals surface area contributed by atoms with Gasteiger partial charge >= 0.3 is 0 Å². The lowest BCUT2D eigenvalue weighted by Crippen LogP contribution is -2.21. The van der Waals surface area contributed by atoms with Crippen LogP contribution in [0.3, 0.4) is 0 Å². The molecular weight excluding hydrogens is 358 g/mol. The highest BCUT2D eigenvalue weighted by Crippen LogP contribution is 2.38. The summed E-state index contributed by atoms with van der Waals surface area (Å²) in [6.45, 7) is 0. The minimum Gasteiger partial charge on any atom is -0.326 e. The molecule has 5 heteroatoms. The number of carbonyl (C=O) groups excluding carboxylic acids is 1. The van der Waals surface area contributed by atoms with E-state index < -0.39 is 0 Å². The fourth-order valence-electron chi connectivity index (χ4n) is 4.00. The molecule has 138 valence electrons. The summed E-state index contributed by atoms with van der Waals surface area (Å²) in [5.41, 5.74) is 2.96. The molecule has 1 aliphatic carbocycles. The van der Waals surface area contributed by atoms with E-state index in [1.54, 1.807) is 18.5 Å². The van der Waals surface area contributed by atoms with E-state index in [4.69, 9.17) is 11.6 Å². The van der Waals surface area contributed by atoms with Gasteiger partial charge in [0.15, 0.2) is 0 Å². The Kier molecular flexibility index (Phi) is 5.35. The number of amides is 1. The molecule has 3 aromatic rings. The van der Waals surface area contributed by atoms with E-state index in [0.29, 0.717) is 23.3 Å². The van der Waals surface area contributed by atoms with Crippen molar-refractivity contribution >= 4 is 34.1 Å². The van der Waals surface area contributed by atoms with Crippen LogP contribution in [-0.2, 0) is 4.79 Å². The van der Waals surface area contributed by atoms with Gasteiger partial charge < -0.3 is 5.32 Å². The lowest BCUT2D eigenvalue weighted by molar-refractivity contribution is -0.117. The van der Waals surface area contributed by atoms with Gasteiger partial charge in [0, 0.05) is 28.4 Å². The van der Waals surface area contributed by atoms with Gasteiger partial charge in [0.05, 0.1) is 11.2 Å². The van der Waals surface area contributed by atoms with Crippen molar-refractivity contribution in [1.82, 2.24) is 9.97 Å². The Morgan fingerprint density at radius 1 is 1.00 bits per heavy atom. The Labute approximate surface area is 164 Å². The van der Waals surface area contributed by atoms with Gasteiger partial charge in [-0.1, -0.05) is 29.8 Å². The number of benzene rings is 2. The van der Waals surface area contributed by atoms with Crippen LogP contribution >= 0.6 is 11.6 Å². The first-order chi connectivity index (χ1) is 13.2. The lowest BCUT2D eigenvalue weighted by atomic mass is 9.78. The van der Waals surface area contributed by atoms with Crippen molar-refractivity contribution in [1.29, 1.82) is 0 Å². The summed E-state index contributed by atoms with van der Waals surface area (Å²) in [6.07, 6.45) is 6.48. The van der Waals surface area contributed by atoms with Gasteiger partial charge in [-0.05, 0) is 61.9 Å². The number of rotatable bonds is 4. The van der Waals surface area contributed by atoms with Gasteiger partial charge in [-0.15, -0.1) is 0 Å². The summed E-state index contributed by atoms with van der Waals surface area (Å²) in [5.74, 6) is 0.961. The lowest BCUT2D eigenvalue weighted by Gasteiger charge is -2.28. The van der Waals surface area contributed by atoms with Crippen molar-refractivity contribution in [3.8, 4) is 0 Å². The van der Waals surface area contributed by atoms with E-state index in [9.17, 15) is 4.79 Å². The molecule has 1 amide bonds. The fourth-order valence-corrected chi connectivity index (χ4v) is 4.12. The maximum atomic E-state index is 12.3. The summed E-state index contributed by atoms with van der Waals surface area (Å²) in [6, 6.07) is 15.4. The minimum absolute atomic E-state index is 0.0771. The highest BCUT2D eigenvalue weighted by Gasteiger charge is 2.26. The van der Waals surface area contributed by atoms with Crippen molar-refractivity contribution in [2.75, 3.05) is 5.32 Å². The molecule has 2 aromatic carbocycles. The van der Waals surface area contributed by atoms with E-state index in [0.717, 1.165) is 48.0 Å². The van der Waals surface area contributed by atoms with Gasteiger partial charge in [0.25, 0.3) is 0 Å². The van der Waals surface area contributed by atoms with Crippen LogP contribution < -0.4 is 5.32 Å². The summed E-state index contributed by atoms with van der Waals surface area (Å²) in [4.78, 5) is 21.3. The maximum Gasteiger partial charge on any atom is 0.224 e. The number of para-hydroxylation sites is 1. The Bertz CT molecular complexity index is 928. The van der Waals surface area contributed by atoms with Crippen LogP contribution in [-0.4, -0.2) is 15.9 Å². The van der Waals surface area contributed by atoms with Gasteiger partial charge in [-0.2, -0.15) is 0 Å². The third-order valence-electron chi connectivity index (χ3n) is 5.41. The molecule has 1 fully saturated rings. The summed E-state index contributed by atoms with van der Waals surface area (Å²) in [5, 5.41) is 4.79. The zero-order valence-corrected chi connectivity index (χ0v) is 15.8. The van der Waals surface area contributed by atoms with Crippen LogP contribution in [0, 0.1) is 5.92 Å². The fraction of sp³-hybridized carbons (Fsp3) is 0.318. The molecule has 0 radical (unpaired) electrons. The number of hydrogen-bond acceptors (Lipinski definition) is 3. The molecule has 1 heterocycles. The van der Waals surface area contributed by atoms with Gasteiger partial charge in [0.2, 0.25) is 5.91 Å². The number of carbonyl (C=O) groups is 1. The molecule has 4 rings (SSSR count). The summed E-state index contributed by atoms with van der Waals surface area (Å²) >= 11 is 5.88. The van der Waals surface area contributed by atoms with Gasteiger partial charge in [0.1, 0.15) is 6.33 Å². The van der Waals surface area contributed by atoms with Crippen LogP contribution in [0.5, 0.6) is 0 Å². The SMILES string of the molecule is O=C(C[C@H]1CC[C@@H](c2ncnc3ccccc32)CC1)Nc1ccc(Cl)cc1. The van der Waals surface area contributed by atoms with Gasteiger partial charge in [-0.25, -0.2) is 9.97 Å². The van der Waals surface area contributed by atoms with Crippen LogP contribution in [0.25, 0.3) is 10.9 Å². The second-order valence-corrected chi connectivity index (χ2v) is 7.69. The smallest absolute Gasteiger partial charge is 0.224 e. The first-order valence-corrected chi connectivity index (χ1v) is 9.82. The Morgan fingerprint density at radius 3 is 2.52 bits per heavy atom. The van der Waals surface area contributed by atoms with E-state index >= 15 is 0 Å². The Balaban J connectivity index is 1.34. The zero-order chi connectivity index (χ0) is 18.6. The highest BCUT2D eigenvalue weighted by atomic mass is 35.5. The van der Waals surface area contributed by atoms with Crippen LogP contribution in [0.15, 0.2) is 54.9 Å². The normalized spacial score (nSPS) is 19.7. The van der Waals surface area contributed by atoms with Crippen molar-refractivity contribution < 1.29 is 4.79 Å². The number of fused-ring (bicyclic) bond motifs is 1. The number of nitrogens with one attached hydrogen (secondary N) is 1. The average molecular weight is 380 g/mol. The van der Waals surface area contributed by atoms with Crippen molar-refractivity contribution in [3.05, 3.63) is 65.6 Å². The highest BCUT2D eigenvalue weighted by molar-refractivity contribution is 6.30. The van der Waals surface area contributed by atoms with E-state index in [-0.39, 0.29) is 5.91 Å². The maximum absolute atomic E-state index is 12.3. The molecule has 1 N–H and O–H groups in total. The predicted octanol–water partition coefficient (Wildman–Crippen LogP) is 5.59. The second kappa shape index (κ2) is 8.05. The molecule has 0 bridgehead atoms. The van der Waals surface area contributed by atoms with E-state index in [1.165, 1.54) is 0 Å². The van der Waals surface area contributed by atoms with Gasteiger partial charge in [-0.3, -0.25) is 4.79 Å². The van der Waals surface area contributed by atoms with Crippen molar-refractivity contribution in [2.45, 2.75) is 38.0 Å². The number of anilines is 1. The minimum atomic E-state index is 0.0771. The molecule has 0 unspecified atom stereocenters. The summed E-state index contributed by atoms with van der Waals surface area (Å²) in [7, 11) is 0. The molecular formula is C22H22ClN3O. The topological polar surface area (TPSA) is 54.9 Å². The first kappa shape index (κ1) is 17.9. The number of nitrogens with zero attached hydrogens (tertiary/aromatic N) is 2. The molecule has 1 aromatic heterocycles. The largest absolute Gasteiger partial charge is 0.326 e. The zero-order valence-electron chi connectivity index (χ0n) is 15.1. The molecule has 1 saturated carbocycles. The monoisotopic (exact) mass is 379 g/mol. The number of halogens is 1. The Morgan fingerprint density at radius 2 is 1.74 bits per heavy atom. The third-order valence-corrected chi connectivity index (χ3v) is 5.66. The standard InChI is InChI=1S/C22H22ClN3O/c23-17-9-11-18(12-10-17)26-21(27)13-15-5-7-16(8-6-15)22-19-3-1-2-4-20(19)24-14-25-22/h1-4,9-12,14-16H,5-8,13H2,(H,26,27)/t15-,16+. The molecule has 4 nitrogen and oxygen atoms in total. The second-order valence-electron chi connectivity index (χ2n) is 7.25. The average Bonchev–Trinajstić information content (AvgIpc) is 2.70. The van der Waals surface area contributed by atoms with E-state index in [1.807, 2.05) is 30.3 Å². The Hall–Kier alpha value is -2.46. The summed E-state index contributed by atoms with van der Waals surface area (Å²) < 4.78 is 0. The van der Waals surface area contributed by atoms with Crippen LogP contribution in [0.4, 0.5) is 5.69 Å². The molecule has 0 spiro atoms. The molecule has 0 saturated heterocycles. The number of aromatic nitrogens is 2. The molecule has 0 atom stereocenters. The third kappa shape index (κ3) is 4.28. The molecule has 1 aliphatic rings. The first-order valence-electron chi connectivity index (χ1n) is 9.44. The molecule has 27 heavy (non-hydrogen) atoms. The van der Waals surface area contributed by atoms with Crippen molar-refractivity contribution in [2.24, 2.45) is 5.92 Å². The molecule has 0 aliphatic heterocycles. The van der Waals surface area contributed by atoms with Crippen LogP contribution in [0.1, 0.15) is 43.7 Å². The van der Waals surface area contributed by atoms with Crippen LogP contribution in [0.2, 0.25) is 5.02 Å². The number of hydrogen-bond donors (Lipinski definition) is 1.